The Labute approximate surface area is 122 Å². The van der Waals surface area contributed by atoms with Crippen LogP contribution in [0.1, 0.15) is 53.9 Å². The predicted octanol–water partition coefficient (Wildman–Crippen LogP) is 2.44. The van der Waals surface area contributed by atoms with Gasteiger partial charge in [0.2, 0.25) is 5.91 Å². The van der Waals surface area contributed by atoms with Crippen molar-refractivity contribution >= 4 is 11.9 Å². The first-order valence-corrected chi connectivity index (χ1v) is 7.24. The van der Waals surface area contributed by atoms with Crippen molar-refractivity contribution in [3.63, 3.8) is 0 Å². The van der Waals surface area contributed by atoms with Crippen LogP contribution < -0.4 is 5.32 Å². The highest BCUT2D eigenvalue weighted by Gasteiger charge is 2.16. The summed E-state index contributed by atoms with van der Waals surface area (Å²) in [6.45, 7) is 10.5. The maximum Gasteiger partial charge on any atom is 0.303 e. The van der Waals surface area contributed by atoms with E-state index in [1.807, 2.05) is 20.8 Å². The largest absolute Gasteiger partial charge is 0.481 e. The summed E-state index contributed by atoms with van der Waals surface area (Å²) in [7, 11) is 0. The molecule has 1 atom stereocenters. The van der Waals surface area contributed by atoms with E-state index in [0.29, 0.717) is 24.8 Å². The molecule has 0 saturated heterocycles. The highest BCUT2D eigenvalue weighted by molar-refractivity contribution is 5.77. The lowest BCUT2D eigenvalue weighted by Gasteiger charge is -2.21. The summed E-state index contributed by atoms with van der Waals surface area (Å²) in [5, 5.41) is 11.5. The van der Waals surface area contributed by atoms with Crippen LogP contribution in [0.2, 0.25) is 0 Å². The fraction of sp³-hybridized carbons (Fsp3) is 0.867. The number of hydrogen-bond acceptors (Lipinski definition) is 3. The smallest absolute Gasteiger partial charge is 0.303 e. The van der Waals surface area contributed by atoms with Crippen LogP contribution in [0.25, 0.3) is 0 Å². The number of rotatable bonds is 9. The van der Waals surface area contributed by atoms with Gasteiger partial charge in [-0.05, 0) is 45.4 Å². The van der Waals surface area contributed by atoms with Crippen molar-refractivity contribution in [3.05, 3.63) is 0 Å². The van der Waals surface area contributed by atoms with Crippen molar-refractivity contribution in [2.45, 2.75) is 59.5 Å². The van der Waals surface area contributed by atoms with E-state index < -0.39 is 5.97 Å². The Kier molecular flexibility index (Phi) is 8.46. The van der Waals surface area contributed by atoms with Crippen LogP contribution in [0.5, 0.6) is 0 Å². The second-order valence-electron chi connectivity index (χ2n) is 6.48. The van der Waals surface area contributed by atoms with Crippen molar-refractivity contribution in [1.29, 1.82) is 0 Å². The third-order valence-corrected chi connectivity index (χ3v) is 3.15. The summed E-state index contributed by atoms with van der Waals surface area (Å²) in [5.74, 6) is -0.161. The Hall–Kier alpha value is -1.10. The number of carboxylic acids is 1. The van der Waals surface area contributed by atoms with Gasteiger partial charge in [-0.1, -0.05) is 13.8 Å². The molecule has 0 saturated carbocycles. The van der Waals surface area contributed by atoms with Crippen LogP contribution in [-0.2, 0) is 14.3 Å². The predicted molar refractivity (Wildman–Crippen MR) is 78.5 cm³/mol. The van der Waals surface area contributed by atoms with E-state index in [-0.39, 0.29) is 24.5 Å². The number of aliphatic carboxylic acids is 1. The van der Waals surface area contributed by atoms with Gasteiger partial charge in [-0.2, -0.15) is 0 Å². The molecule has 0 radical (unpaired) electrons. The molecule has 0 aliphatic rings. The molecule has 1 unspecified atom stereocenters. The van der Waals surface area contributed by atoms with Crippen molar-refractivity contribution in [1.82, 2.24) is 5.32 Å². The van der Waals surface area contributed by atoms with E-state index in [2.05, 4.69) is 19.2 Å². The van der Waals surface area contributed by atoms with Crippen LogP contribution in [0, 0.1) is 11.8 Å². The van der Waals surface area contributed by atoms with Gasteiger partial charge in [-0.25, -0.2) is 0 Å². The number of nitrogens with one attached hydrogen (secondary N) is 1. The first kappa shape index (κ1) is 18.9. The SMILES string of the molecule is CC(C)C(CCNC(=O)COC(C)(C)C)CCC(=O)O. The zero-order chi connectivity index (χ0) is 15.8. The van der Waals surface area contributed by atoms with Gasteiger partial charge in [0.05, 0.1) is 5.60 Å². The maximum absolute atomic E-state index is 11.6. The number of ether oxygens (including phenoxy) is 1. The topological polar surface area (TPSA) is 75.6 Å². The van der Waals surface area contributed by atoms with E-state index >= 15 is 0 Å². The average molecular weight is 287 g/mol. The fourth-order valence-electron chi connectivity index (χ4n) is 1.85. The number of amides is 1. The molecule has 0 aromatic carbocycles. The van der Waals surface area contributed by atoms with E-state index in [1.165, 1.54) is 0 Å². The van der Waals surface area contributed by atoms with Gasteiger partial charge < -0.3 is 15.2 Å². The molecule has 118 valence electrons. The Balaban J connectivity index is 3.93. The zero-order valence-electron chi connectivity index (χ0n) is 13.4. The lowest BCUT2D eigenvalue weighted by molar-refractivity contribution is -0.137. The normalized spacial score (nSPS) is 13.3. The van der Waals surface area contributed by atoms with Gasteiger partial charge in [0.1, 0.15) is 6.61 Å². The molecule has 0 rings (SSSR count). The molecule has 0 aliphatic carbocycles. The number of carbonyl (C=O) groups excluding carboxylic acids is 1. The second-order valence-corrected chi connectivity index (χ2v) is 6.48. The third-order valence-electron chi connectivity index (χ3n) is 3.15. The standard InChI is InChI=1S/C15H29NO4/c1-11(2)12(6-7-14(18)19)8-9-16-13(17)10-20-15(3,4)5/h11-12H,6-10H2,1-5H3,(H,16,17)(H,18,19). The molecule has 5 nitrogen and oxygen atoms in total. The summed E-state index contributed by atoms with van der Waals surface area (Å²) in [5.41, 5.74) is -0.320. The van der Waals surface area contributed by atoms with Gasteiger partial charge in [0.15, 0.2) is 0 Å². The lowest BCUT2D eigenvalue weighted by Crippen LogP contribution is -2.33. The Morgan fingerprint density at radius 1 is 1.20 bits per heavy atom. The summed E-state index contributed by atoms with van der Waals surface area (Å²) < 4.78 is 5.39. The Morgan fingerprint density at radius 3 is 2.25 bits per heavy atom. The second kappa shape index (κ2) is 8.95. The van der Waals surface area contributed by atoms with Crippen LogP contribution in [0.15, 0.2) is 0 Å². The minimum atomic E-state index is -0.765. The highest BCUT2D eigenvalue weighted by atomic mass is 16.5. The highest BCUT2D eigenvalue weighted by Crippen LogP contribution is 2.20. The molecular formula is C15H29NO4. The van der Waals surface area contributed by atoms with Crippen molar-refractivity contribution in [2.24, 2.45) is 11.8 Å². The summed E-state index contributed by atoms with van der Waals surface area (Å²) in [6, 6.07) is 0. The molecule has 0 fully saturated rings. The number of hydrogen-bond donors (Lipinski definition) is 2. The first-order chi connectivity index (χ1) is 9.11. The van der Waals surface area contributed by atoms with Crippen molar-refractivity contribution < 1.29 is 19.4 Å². The first-order valence-electron chi connectivity index (χ1n) is 7.24. The van der Waals surface area contributed by atoms with Gasteiger partial charge in [-0.3, -0.25) is 9.59 Å². The van der Waals surface area contributed by atoms with E-state index in [9.17, 15) is 9.59 Å². The van der Waals surface area contributed by atoms with Crippen molar-refractivity contribution in [2.75, 3.05) is 13.2 Å². The van der Waals surface area contributed by atoms with Crippen LogP contribution >= 0.6 is 0 Å². The molecule has 0 heterocycles. The van der Waals surface area contributed by atoms with E-state index in [0.717, 1.165) is 6.42 Å². The molecule has 0 spiro atoms. The molecule has 20 heavy (non-hydrogen) atoms. The molecule has 2 N–H and O–H groups in total. The lowest BCUT2D eigenvalue weighted by atomic mass is 9.88. The van der Waals surface area contributed by atoms with E-state index in [4.69, 9.17) is 9.84 Å². The summed E-state index contributed by atoms with van der Waals surface area (Å²) >= 11 is 0. The molecule has 0 aromatic rings. The van der Waals surface area contributed by atoms with E-state index in [1.54, 1.807) is 0 Å². The Bertz CT molecular complexity index is 307. The minimum absolute atomic E-state index is 0.0605. The Morgan fingerprint density at radius 2 is 1.80 bits per heavy atom. The monoisotopic (exact) mass is 287 g/mol. The number of carbonyl (C=O) groups is 2. The summed E-state index contributed by atoms with van der Waals surface area (Å²) in [4.78, 5) is 22.2. The number of carboxylic acid groups (broad SMARTS) is 1. The average Bonchev–Trinajstić information content (AvgIpc) is 2.29. The van der Waals surface area contributed by atoms with Crippen LogP contribution in [-0.4, -0.2) is 35.7 Å². The van der Waals surface area contributed by atoms with Gasteiger partial charge in [0, 0.05) is 13.0 Å². The molecule has 0 aromatic heterocycles. The zero-order valence-corrected chi connectivity index (χ0v) is 13.4. The fourth-order valence-corrected chi connectivity index (χ4v) is 1.85. The molecular weight excluding hydrogens is 258 g/mol. The molecule has 5 heteroatoms. The van der Waals surface area contributed by atoms with Gasteiger partial charge in [0.25, 0.3) is 0 Å². The minimum Gasteiger partial charge on any atom is -0.481 e. The quantitative estimate of drug-likeness (QED) is 0.683. The molecule has 1 amide bonds. The maximum atomic E-state index is 11.6. The molecule has 0 aliphatic heterocycles. The van der Waals surface area contributed by atoms with Crippen LogP contribution in [0.4, 0.5) is 0 Å². The van der Waals surface area contributed by atoms with Gasteiger partial charge in [-0.15, -0.1) is 0 Å². The van der Waals surface area contributed by atoms with Crippen LogP contribution in [0.3, 0.4) is 0 Å². The van der Waals surface area contributed by atoms with Gasteiger partial charge >= 0.3 is 5.97 Å². The summed E-state index contributed by atoms with van der Waals surface area (Å²) in [6.07, 6.45) is 1.64. The van der Waals surface area contributed by atoms with Crippen molar-refractivity contribution in [3.8, 4) is 0 Å². The molecule has 0 bridgehead atoms. The third kappa shape index (κ3) is 10.8.